The van der Waals surface area contributed by atoms with Gasteiger partial charge in [-0.05, 0) is 44.1 Å². The maximum atomic E-state index is 11.7. The van der Waals surface area contributed by atoms with Gasteiger partial charge >= 0.3 is 0 Å². The predicted molar refractivity (Wildman–Crippen MR) is 68.6 cm³/mol. The molecule has 1 atom stereocenters. The number of nitrogens with two attached hydrogens (primary N) is 1. The van der Waals surface area contributed by atoms with E-state index in [-0.39, 0.29) is 11.9 Å². The van der Waals surface area contributed by atoms with Crippen molar-refractivity contribution in [2.24, 2.45) is 0 Å². The van der Waals surface area contributed by atoms with E-state index < -0.39 is 0 Å². The zero-order valence-electron chi connectivity index (χ0n) is 10.4. The number of nitrogen functional groups attached to an aromatic ring is 1. The van der Waals surface area contributed by atoms with Crippen LogP contribution in [0.3, 0.4) is 0 Å². The van der Waals surface area contributed by atoms with E-state index in [1.807, 2.05) is 31.1 Å². The summed E-state index contributed by atoms with van der Waals surface area (Å²) in [5, 5.41) is 3.06. The van der Waals surface area contributed by atoms with Gasteiger partial charge in [0.05, 0.1) is 12.6 Å². The van der Waals surface area contributed by atoms with Crippen LogP contribution in [0, 0.1) is 0 Å². The Balaban J connectivity index is 2.07. The second kappa shape index (κ2) is 4.75. The van der Waals surface area contributed by atoms with E-state index in [1.165, 1.54) is 11.1 Å². The normalized spacial score (nSPS) is 18.2. The molecule has 0 radical (unpaired) electrons. The van der Waals surface area contributed by atoms with Crippen LogP contribution in [-0.2, 0) is 11.2 Å². The first-order valence-corrected chi connectivity index (χ1v) is 5.89. The molecule has 17 heavy (non-hydrogen) atoms. The molecular weight excluding hydrogens is 214 g/mol. The highest BCUT2D eigenvalue weighted by Gasteiger charge is 2.25. The van der Waals surface area contributed by atoms with Gasteiger partial charge in [0.25, 0.3) is 0 Å². The van der Waals surface area contributed by atoms with Crippen molar-refractivity contribution < 1.29 is 4.79 Å². The Kier molecular flexibility index (Phi) is 3.33. The summed E-state index contributed by atoms with van der Waals surface area (Å²) in [4.78, 5) is 13.6. The minimum absolute atomic E-state index is 0.0651. The molecule has 1 aliphatic carbocycles. The Bertz CT molecular complexity index is 429. The highest BCUT2D eigenvalue weighted by molar-refractivity contribution is 5.78. The SMILES string of the molecule is CN(C)CC(=O)NC1CCc2c(N)cccc21. The minimum Gasteiger partial charge on any atom is -0.398 e. The maximum Gasteiger partial charge on any atom is 0.234 e. The number of carbonyl (C=O) groups excluding carboxylic acids is 1. The molecule has 92 valence electrons. The third-order valence-corrected chi connectivity index (χ3v) is 3.10. The van der Waals surface area contributed by atoms with Gasteiger partial charge < -0.3 is 16.0 Å². The van der Waals surface area contributed by atoms with Crippen LogP contribution in [0.2, 0.25) is 0 Å². The topological polar surface area (TPSA) is 58.4 Å². The molecule has 0 heterocycles. The van der Waals surface area contributed by atoms with E-state index in [0.29, 0.717) is 6.54 Å². The van der Waals surface area contributed by atoms with Gasteiger partial charge in [0.15, 0.2) is 0 Å². The summed E-state index contributed by atoms with van der Waals surface area (Å²) in [6.07, 6.45) is 1.90. The molecule has 0 bridgehead atoms. The molecule has 0 fully saturated rings. The Labute approximate surface area is 102 Å². The molecule has 0 aromatic heterocycles. The molecule has 4 nitrogen and oxygen atoms in total. The van der Waals surface area contributed by atoms with Crippen molar-refractivity contribution in [1.29, 1.82) is 0 Å². The fourth-order valence-electron chi connectivity index (χ4n) is 2.36. The van der Waals surface area contributed by atoms with Gasteiger partial charge in [0.2, 0.25) is 5.91 Å². The number of amides is 1. The molecular formula is C13H19N3O. The monoisotopic (exact) mass is 233 g/mol. The van der Waals surface area contributed by atoms with Crippen LogP contribution in [-0.4, -0.2) is 31.4 Å². The Hall–Kier alpha value is -1.55. The first kappa shape index (κ1) is 11.9. The molecule has 0 saturated heterocycles. The predicted octanol–water partition coefficient (Wildman–Crippen LogP) is 0.934. The highest BCUT2D eigenvalue weighted by atomic mass is 16.2. The van der Waals surface area contributed by atoms with Gasteiger partial charge in [-0.25, -0.2) is 0 Å². The minimum atomic E-state index is 0.0651. The molecule has 4 heteroatoms. The van der Waals surface area contributed by atoms with Gasteiger partial charge in [0, 0.05) is 5.69 Å². The first-order valence-electron chi connectivity index (χ1n) is 5.89. The third-order valence-electron chi connectivity index (χ3n) is 3.10. The number of anilines is 1. The van der Waals surface area contributed by atoms with Gasteiger partial charge in [-0.1, -0.05) is 12.1 Å². The van der Waals surface area contributed by atoms with E-state index in [4.69, 9.17) is 5.73 Å². The number of likely N-dealkylation sites (N-methyl/N-ethyl adjacent to an activating group) is 1. The fraction of sp³-hybridized carbons (Fsp3) is 0.462. The van der Waals surface area contributed by atoms with Crippen LogP contribution in [0.25, 0.3) is 0 Å². The van der Waals surface area contributed by atoms with Crippen LogP contribution < -0.4 is 11.1 Å². The van der Waals surface area contributed by atoms with E-state index in [0.717, 1.165) is 18.5 Å². The number of hydrogen-bond donors (Lipinski definition) is 2. The highest BCUT2D eigenvalue weighted by Crippen LogP contribution is 2.34. The second-order valence-electron chi connectivity index (χ2n) is 4.81. The van der Waals surface area contributed by atoms with Crippen molar-refractivity contribution in [2.45, 2.75) is 18.9 Å². The number of nitrogens with one attached hydrogen (secondary N) is 1. The summed E-state index contributed by atoms with van der Waals surface area (Å²) in [5.74, 6) is 0.0651. The van der Waals surface area contributed by atoms with E-state index >= 15 is 0 Å². The smallest absolute Gasteiger partial charge is 0.234 e. The molecule has 2 rings (SSSR count). The Morgan fingerprint density at radius 3 is 3.00 bits per heavy atom. The molecule has 0 saturated carbocycles. The average molecular weight is 233 g/mol. The summed E-state index contributed by atoms with van der Waals surface area (Å²) in [7, 11) is 3.78. The zero-order valence-corrected chi connectivity index (χ0v) is 10.4. The van der Waals surface area contributed by atoms with Crippen molar-refractivity contribution in [3.63, 3.8) is 0 Å². The van der Waals surface area contributed by atoms with Gasteiger partial charge in [-0.15, -0.1) is 0 Å². The molecule has 1 aliphatic rings. The van der Waals surface area contributed by atoms with Crippen LogP contribution in [0.4, 0.5) is 5.69 Å². The largest absolute Gasteiger partial charge is 0.398 e. The summed E-state index contributed by atoms with van der Waals surface area (Å²) in [5.41, 5.74) is 9.14. The number of fused-ring (bicyclic) bond motifs is 1. The molecule has 1 aromatic carbocycles. The lowest BCUT2D eigenvalue weighted by atomic mass is 10.1. The van der Waals surface area contributed by atoms with Gasteiger partial charge in [-0.3, -0.25) is 4.79 Å². The van der Waals surface area contributed by atoms with Crippen molar-refractivity contribution in [2.75, 3.05) is 26.4 Å². The molecule has 1 aromatic rings. The van der Waals surface area contributed by atoms with Crippen molar-refractivity contribution >= 4 is 11.6 Å². The molecule has 1 unspecified atom stereocenters. The molecule has 1 amide bonds. The molecule has 3 N–H and O–H groups in total. The number of rotatable bonds is 3. The van der Waals surface area contributed by atoms with Crippen molar-refractivity contribution in [1.82, 2.24) is 10.2 Å². The van der Waals surface area contributed by atoms with Crippen LogP contribution in [0.15, 0.2) is 18.2 Å². The van der Waals surface area contributed by atoms with Gasteiger partial charge in [-0.2, -0.15) is 0 Å². The molecule has 0 spiro atoms. The summed E-state index contributed by atoms with van der Waals surface area (Å²) in [6.45, 7) is 0.425. The van der Waals surface area contributed by atoms with Crippen LogP contribution in [0.5, 0.6) is 0 Å². The van der Waals surface area contributed by atoms with Gasteiger partial charge in [0.1, 0.15) is 0 Å². The number of carbonyl (C=O) groups is 1. The van der Waals surface area contributed by atoms with Crippen LogP contribution >= 0.6 is 0 Å². The number of hydrogen-bond acceptors (Lipinski definition) is 3. The number of benzene rings is 1. The van der Waals surface area contributed by atoms with Crippen molar-refractivity contribution in [3.05, 3.63) is 29.3 Å². The van der Waals surface area contributed by atoms with Crippen LogP contribution in [0.1, 0.15) is 23.6 Å². The standard InChI is InChI=1S/C13H19N3O/c1-16(2)8-13(17)15-12-7-6-9-10(12)4-3-5-11(9)14/h3-5,12H,6-8,14H2,1-2H3,(H,15,17). The summed E-state index contributed by atoms with van der Waals surface area (Å²) < 4.78 is 0. The first-order chi connectivity index (χ1) is 8.08. The van der Waals surface area contributed by atoms with E-state index in [2.05, 4.69) is 11.4 Å². The summed E-state index contributed by atoms with van der Waals surface area (Å²) in [6, 6.07) is 6.05. The summed E-state index contributed by atoms with van der Waals surface area (Å²) >= 11 is 0. The lowest BCUT2D eigenvalue weighted by molar-refractivity contribution is -0.122. The lowest BCUT2D eigenvalue weighted by Gasteiger charge is -2.16. The zero-order chi connectivity index (χ0) is 12.4. The van der Waals surface area contributed by atoms with E-state index in [1.54, 1.807) is 0 Å². The quantitative estimate of drug-likeness (QED) is 0.764. The lowest BCUT2D eigenvalue weighted by Crippen LogP contribution is -2.35. The van der Waals surface area contributed by atoms with Crippen molar-refractivity contribution in [3.8, 4) is 0 Å². The maximum absolute atomic E-state index is 11.7. The Morgan fingerprint density at radius 1 is 1.53 bits per heavy atom. The Morgan fingerprint density at radius 2 is 2.29 bits per heavy atom. The fourth-order valence-corrected chi connectivity index (χ4v) is 2.36. The average Bonchev–Trinajstić information content (AvgIpc) is 2.62. The third kappa shape index (κ3) is 2.58. The number of nitrogens with zero attached hydrogens (tertiary/aromatic N) is 1. The molecule has 0 aliphatic heterocycles. The van der Waals surface area contributed by atoms with E-state index in [9.17, 15) is 4.79 Å². The second-order valence-corrected chi connectivity index (χ2v) is 4.81.